The normalized spacial score (nSPS) is 22.2. The Balaban J connectivity index is 2.21. The number of sulfonamides is 2. The van der Waals surface area contributed by atoms with E-state index < -0.39 is 37.8 Å². The first-order valence-corrected chi connectivity index (χ1v) is 10.4. The van der Waals surface area contributed by atoms with Crippen LogP contribution in [0.3, 0.4) is 0 Å². The van der Waals surface area contributed by atoms with Gasteiger partial charge in [-0.3, -0.25) is 0 Å². The third-order valence-electron chi connectivity index (χ3n) is 3.93. The molecule has 1 heterocycles. The molecule has 136 valence electrons. The molecule has 0 bridgehead atoms. The summed E-state index contributed by atoms with van der Waals surface area (Å²) >= 11 is 0. The summed E-state index contributed by atoms with van der Waals surface area (Å²) in [4.78, 5) is -0.163. The van der Waals surface area contributed by atoms with Gasteiger partial charge in [-0.1, -0.05) is 6.07 Å². The molecule has 10 heteroatoms. The van der Waals surface area contributed by atoms with Crippen LogP contribution < -0.4 is 4.72 Å². The van der Waals surface area contributed by atoms with Crippen molar-refractivity contribution in [1.82, 2.24) is 9.03 Å². The Labute approximate surface area is 141 Å². The lowest BCUT2D eigenvalue weighted by Crippen LogP contribution is -2.43. The van der Waals surface area contributed by atoms with Crippen molar-refractivity contribution >= 4 is 20.0 Å². The largest absolute Gasteiger partial charge is 0.379 e. The van der Waals surface area contributed by atoms with Gasteiger partial charge in [0.15, 0.2) is 0 Å². The Kier molecular flexibility index (Phi) is 5.65. The zero-order chi connectivity index (χ0) is 18.1. The number of nitrogens with zero attached hydrogens (tertiary/aromatic N) is 1. The zero-order valence-corrected chi connectivity index (χ0v) is 15.3. The van der Waals surface area contributed by atoms with Gasteiger partial charge in [-0.15, -0.1) is 0 Å². The number of nitrogens with one attached hydrogen (secondary N) is 1. The molecular weight excluding hydrogens is 359 g/mol. The van der Waals surface area contributed by atoms with E-state index in [1.165, 1.54) is 26.2 Å². The monoisotopic (exact) mass is 380 g/mol. The molecule has 7 nitrogen and oxygen atoms in total. The molecule has 1 aromatic rings. The van der Waals surface area contributed by atoms with Crippen molar-refractivity contribution in [3.05, 3.63) is 29.6 Å². The summed E-state index contributed by atoms with van der Waals surface area (Å²) in [5.74, 6) is -1.40. The molecule has 24 heavy (non-hydrogen) atoms. The molecule has 0 spiro atoms. The lowest BCUT2D eigenvalue weighted by molar-refractivity contribution is 0.185. The van der Waals surface area contributed by atoms with Gasteiger partial charge >= 0.3 is 0 Å². The van der Waals surface area contributed by atoms with Crippen LogP contribution in [0.4, 0.5) is 4.39 Å². The summed E-state index contributed by atoms with van der Waals surface area (Å²) in [5, 5.41) is 0. The molecule has 0 aromatic heterocycles. The van der Waals surface area contributed by atoms with Crippen LogP contribution in [0.2, 0.25) is 0 Å². The molecule has 0 saturated carbocycles. The second-order valence-corrected chi connectivity index (χ2v) is 9.91. The van der Waals surface area contributed by atoms with Crippen molar-refractivity contribution in [2.75, 3.05) is 33.1 Å². The number of halogens is 1. The number of aryl methyl sites for hydroxylation is 1. The summed E-state index contributed by atoms with van der Waals surface area (Å²) in [6.07, 6.45) is 0. The van der Waals surface area contributed by atoms with Crippen LogP contribution in [-0.4, -0.2) is 60.2 Å². The second-order valence-electron chi connectivity index (χ2n) is 6.00. The maximum Gasteiger partial charge on any atom is 0.241 e. The van der Waals surface area contributed by atoms with Crippen LogP contribution in [0.5, 0.6) is 0 Å². The number of hydrogen-bond donors (Lipinski definition) is 1. The molecule has 1 aliphatic rings. The van der Waals surface area contributed by atoms with E-state index in [0.717, 1.165) is 10.4 Å². The molecule has 1 aromatic carbocycles. The third-order valence-corrected chi connectivity index (χ3v) is 7.52. The topological polar surface area (TPSA) is 92.8 Å². The van der Waals surface area contributed by atoms with E-state index in [0.29, 0.717) is 5.56 Å². The summed E-state index contributed by atoms with van der Waals surface area (Å²) in [6.45, 7) is 1.77. The third kappa shape index (κ3) is 4.31. The highest BCUT2D eigenvalue weighted by Crippen LogP contribution is 2.22. The minimum absolute atomic E-state index is 0.0706. The summed E-state index contributed by atoms with van der Waals surface area (Å²) in [6, 6.07) is 2.81. The summed E-state index contributed by atoms with van der Waals surface area (Å²) in [7, 11) is -4.64. The maximum absolute atomic E-state index is 13.4. The average Bonchev–Trinajstić information content (AvgIpc) is 2.87. The van der Waals surface area contributed by atoms with Gasteiger partial charge in [-0.05, 0) is 24.6 Å². The molecule has 2 rings (SSSR count). The Morgan fingerprint density at radius 1 is 1.25 bits per heavy atom. The molecule has 1 saturated heterocycles. The van der Waals surface area contributed by atoms with Gasteiger partial charge in [0.05, 0.1) is 29.9 Å². The van der Waals surface area contributed by atoms with E-state index in [4.69, 9.17) is 4.74 Å². The first-order chi connectivity index (χ1) is 11.0. The highest BCUT2D eigenvalue weighted by atomic mass is 32.2. The molecule has 1 aliphatic heterocycles. The van der Waals surface area contributed by atoms with E-state index in [1.54, 1.807) is 6.92 Å². The van der Waals surface area contributed by atoms with Gasteiger partial charge in [-0.2, -0.15) is 0 Å². The van der Waals surface area contributed by atoms with Crippen LogP contribution >= 0.6 is 0 Å². The molecule has 2 atom stereocenters. The fourth-order valence-electron chi connectivity index (χ4n) is 2.44. The standard InChI is InChI=1S/C14H21FN2O5S2/c1-10-4-5-12(15)6-14(10)24(20,21)16-13-8-22-7-11(13)9-23(18,19)17(2)3/h4-6,11,13,16H,7-9H2,1-3H3/t11-,13+/m0/s1. The lowest BCUT2D eigenvalue weighted by atomic mass is 10.1. The van der Waals surface area contributed by atoms with Crippen LogP contribution in [0.25, 0.3) is 0 Å². The molecular formula is C14H21FN2O5S2. The van der Waals surface area contributed by atoms with Gasteiger partial charge in [0.25, 0.3) is 0 Å². The summed E-state index contributed by atoms with van der Waals surface area (Å²) in [5.41, 5.74) is 0.403. The fourth-order valence-corrected chi connectivity index (χ4v) is 5.15. The highest BCUT2D eigenvalue weighted by molar-refractivity contribution is 7.89. The lowest BCUT2D eigenvalue weighted by Gasteiger charge is -2.21. The minimum Gasteiger partial charge on any atom is -0.379 e. The fraction of sp³-hybridized carbons (Fsp3) is 0.571. The van der Waals surface area contributed by atoms with Crippen molar-refractivity contribution < 1.29 is 26.0 Å². The van der Waals surface area contributed by atoms with Crippen LogP contribution in [0.1, 0.15) is 5.56 Å². The van der Waals surface area contributed by atoms with Crippen LogP contribution in [-0.2, 0) is 24.8 Å². The molecule has 0 unspecified atom stereocenters. The van der Waals surface area contributed by atoms with Gasteiger partial charge in [0.2, 0.25) is 20.0 Å². The van der Waals surface area contributed by atoms with E-state index in [2.05, 4.69) is 4.72 Å². The van der Waals surface area contributed by atoms with Gasteiger partial charge in [-0.25, -0.2) is 30.3 Å². The Morgan fingerprint density at radius 2 is 1.92 bits per heavy atom. The van der Waals surface area contributed by atoms with Crippen LogP contribution in [0.15, 0.2) is 23.1 Å². The number of rotatable bonds is 6. The Bertz CT molecular complexity index is 808. The predicted molar refractivity (Wildman–Crippen MR) is 87.0 cm³/mol. The van der Waals surface area contributed by atoms with Gasteiger partial charge in [0.1, 0.15) is 5.82 Å². The van der Waals surface area contributed by atoms with Crippen molar-refractivity contribution in [1.29, 1.82) is 0 Å². The zero-order valence-electron chi connectivity index (χ0n) is 13.7. The Hall–Kier alpha value is -1.07. The minimum atomic E-state index is -3.98. The maximum atomic E-state index is 13.4. The van der Waals surface area contributed by atoms with Crippen LogP contribution in [0, 0.1) is 18.7 Å². The van der Waals surface area contributed by atoms with E-state index in [-0.39, 0.29) is 23.9 Å². The van der Waals surface area contributed by atoms with Crippen molar-refractivity contribution in [3.63, 3.8) is 0 Å². The molecule has 0 aliphatic carbocycles. The van der Waals surface area contributed by atoms with Gasteiger partial charge < -0.3 is 4.74 Å². The van der Waals surface area contributed by atoms with Crippen molar-refractivity contribution in [3.8, 4) is 0 Å². The first-order valence-electron chi connectivity index (χ1n) is 7.29. The quantitative estimate of drug-likeness (QED) is 0.767. The molecule has 1 fully saturated rings. The number of benzene rings is 1. The highest BCUT2D eigenvalue weighted by Gasteiger charge is 2.36. The molecule has 1 N–H and O–H groups in total. The molecule has 0 radical (unpaired) electrons. The second kappa shape index (κ2) is 7.04. The first kappa shape index (κ1) is 19.3. The summed E-state index contributed by atoms with van der Waals surface area (Å²) < 4.78 is 71.2. The van der Waals surface area contributed by atoms with E-state index in [1.807, 2.05) is 0 Å². The van der Waals surface area contributed by atoms with Crippen molar-refractivity contribution in [2.24, 2.45) is 5.92 Å². The number of ether oxygens (including phenoxy) is 1. The van der Waals surface area contributed by atoms with Gasteiger partial charge in [0, 0.05) is 20.0 Å². The molecule has 0 amide bonds. The van der Waals surface area contributed by atoms with E-state index in [9.17, 15) is 21.2 Å². The SMILES string of the molecule is Cc1ccc(F)cc1S(=O)(=O)N[C@@H]1COC[C@H]1CS(=O)(=O)N(C)C. The smallest absolute Gasteiger partial charge is 0.241 e. The Morgan fingerprint density at radius 3 is 2.54 bits per heavy atom. The average molecular weight is 380 g/mol. The van der Waals surface area contributed by atoms with Crippen molar-refractivity contribution in [2.45, 2.75) is 17.9 Å². The predicted octanol–water partition coefficient (Wildman–Crippen LogP) is 0.319. The van der Waals surface area contributed by atoms with E-state index >= 15 is 0 Å². The number of hydrogen-bond acceptors (Lipinski definition) is 5.